The number of hydrogen-bond acceptors (Lipinski definition) is 21. The third kappa shape index (κ3) is 29.1. The van der Waals surface area contributed by atoms with Crippen molar-refractivity contribution in [2.75, 3.05) is 99.6 Å². The van der Waals surface area contributed by atoms with E-state index in [0.29, 0.717) is 47.7 Å². The van der Waals surface area contributed by atoms with Crippen LogP contribution < -0.4 is 37.6 Å². The number of nitrogens with zero attached hydrogens (tertiary/aromatic N) is 4. The molecule has 0 spiro atoms. The number of likely N-dealkylation sites (tertiary alicyclic amines) is 1. The van der Waals surface area contributed by atoms with Crippen LogP contribution in [-0.4, -0.2) is 245 Å². The number of carbonyl (C=O) groups is 12. The Morgan fingerprint density at radius 2 is 1.25 bits per heavy atom. The van der Waals surface area contributed by atoms with Gasteiger partial charge in [-0.1, -0.05) is 111 Å². The van der Waals surface area contributed by atoms with Crippen LogP contribution in [-0.2, 0) is 92.5 Å². The minimum absolute atomic E-state index is 0.00380. The molecule has 2 aromatic rings. The molecule has 9 N–H and O–H groups in total. The molecule has 2 aliphatic heterocycles. The molecule has 2 aromatic carbocycles. The van der Waals surface area contributed by atoms with Crippen molar-refractivity contribution in [3.8, 4) is 0 Å². The number of imide groups is 1. The zero-order valence-electron chi connectivity index (χ0n) is 64.2. The first kappa shape index (κ1) is 90.0. The highest BCUT2D eigenvalue weighted by atomic mass is 16.7. The van der Waals surface area contributed by atoms with Crippen LogP contribution in [0.1, 0.15) is 151 Å². The molecule has 12 amide bonds. The predicted molar refractivity (Wildman–Crippen MR) is 389 cm³/mol. The van der Waals surface area contributed by atoms with Crippen LogP contribution in [0.3, 0.4) is 0 Å². The fourth-order valence-corrected chi connectivity index (χ4v) is 12.6. The smallest absolute Gasteiger partial charge is 0.410 e. The Balaban J connectivity index is 1.28. The van der Waals surface area contributed by atoms with Gasteiger partial charge < -0.3 is 90.5 Å². The van der Waals surface area contributed by atoms with Gasteiger partial charge in [0, 0.05) is 66.4 Å². The molecule has 2 fully saturated rings. The van der Waals surface area contributed by atoms with Crippen molar-refractivity contribution < 1.29 is 101 Å². The van der Waals surface area contributed by atoms with Gasteiger partial charge in [0.15, 0.2) is 0 Å². The second-order valence-corrected chi connectivity index (χ2v) is 27.8. The number of hydrogen-bond donors (Lipinski definition) is 8. The van der Waals surface area contributed by atoms with Crippen molar-refractivity contribution in [3.63, 3.8) is 0 Å². The zero-order valence-corrected chi connectivity index (χ0v) is 64.2. The van der Waals surface area contributed by atoms with Gasteiger partial charge in [-0.3, -0.25) is 48.1 Å². The highest BCUT2D eigenvalue weighted by Crippen LogP contribution is 2.31. The topological polar surface area (TPSA) is 410 Å². The van der Waals surface area contributed by atoms with E-state index in [9.17, 15) is 62.6 Å². The van der Waals surface area contributed by atoms with Crippen molar-refractivity contribution >= 4 is 76.9 Å². The third-order valence-electron chi connectivity index (χ3n) is 18.8. The van der Waals surface area contributed by atoms with Gasteiger partial charge in [-0.25, -0.2) is 14.4 Å². The van der Waals surface area contributed by atoms with Crippen molar-refractivity contribution in [2.24, 2.45) is 35.3 Å². The molecular weight excluding hydrogens is 1380 g/mol. The third-order valence-corrected chi connectivity index (χ3v) is 18.8. The Morgan fingerprint density at radius 1 is 0.660 bits per heavy atom. The molecule has 0 bridgehead atoms. The number of aliphatic hydroxyl groups excluding tert-OH is 1. The van der Waals surface area contributed by atoms with Crippen LogP contribution in [0.4, 0.5) is 15.3 Å². The number of urea groups is 1. The number of primary amides is 1. The van der Waals surface area contributed by atoms with Crippen molar-refractivity contribution in [2.45, 2.75) is 201 Å². The van der Waals surface area contributed by atoms with Crippen LogP contribution in [0.25, 0.3) is 0 Å². The van der Waals surface area contributed by atoms with E-state index in [2.05, 4.69) is 31.9 Å². The maximum atomic E-state index is 14.8. The van der Waals surface area contributed by atoms with E-state index >= 15 is 0 Å². The molecule has 0 radical (unpaired) electrons. The Labute approximate surface area is 622 Å². The Bertz CT molecular complexity index is 3130. The molecule has 0 aliphatic carbocycles. The average molecular weight is 1500 g/mol. The number of aliphatic hydroxyl groups is 1. The van der Waals surface area contributed by atoms with Crippen molar-refractivity contribution in [1.82, 2.24) is 46.3 Å². The Kier molecular flexibility index (Phi) is 39.6. The predicted octanol–water partition coefficient (Wildman–Crippen LogP) is 4.05. The van der Waals surface area contributed by atoms with E-state index < -0.39 is 144 Å². The van der Waals surface area contributed by atoms with Gasteiger partial charge in [0.1, 0.15) is 30.8 Å². The lowest BCUT2D eigenvalue weighted by Gasteiger charge is -2.41. The quantitative estimate of drug-likeness (QED) is 0.0342. The van der Waals surface area contributed by atoms with Crippen LogP contribution in [0, 0.1) is 29.6 Å². The summed E-state index contributed by atoms with van der Waals surface area (Å²) in [6.07, 6.45) is -1.40. The fourth-order valence-electron chi connectivity index (χ4n) is 12.6. The molecule has 0 unspecified atom stereocenters. The number of likely N-dealkylation sites (N-methyl/N-ethyl adjacent to an activating group) is 2. The number of benzene rings is 2. The van der Waals surface area contributed by atoms with Gasteiger partial charge in [0.25, 0.3) is 11.8 Å². The first-order valence-electron chi connectivity index (χ1n) is 36.6. The summed E-state index contributed by atoms with van der Waals surface area (Å²) in [6, 6.07) is 8.57. The molecule has 4 rings (SSSR count). The summed E-state index contributed by atoms with van der Waals surface area (Å²) < 4.78 is 39.6. The summed E-state index contributed by atoms with van der Waals surface area (Å²) in [7, 11) is 6.06. The zero-order chi connectivity index (χ0) is 78.7. The van der Waals surface area contributed by atoms with Crippen LogP contribution in [0.5, 0.6) is 0 Å². The molecular formula is C74H117N11O21. The molecule has 32 nitrogen and oxygen atoms in total. The number of nitrogens with two attached hydrogens (primary N) is 1. The van der Waals surface area contributed by atoms with Gasteiger partial charge in [-0.2, -0.15) is 0 Å². The average Bonchev–Trinajstić information content (AvgIpc) is 1.23. The standard InChI is InChI=1S/C74H117N11O21/c1-15-48(8)65(56(99-13)43-60(89)84-34-20-24-55(84)67(100-14)49(9)68(92)77-50(10)66(91)52-21-17-16-18-22-52)82(11)72(96)63(46(4)5)81-71(95)64(47(6)7)83(12)74(98)105-44-51-25-27-53(28-26-51)78-69(93)54(23-19-33-76-73(75)97)79-70(94)62(45(2)3)80-57(86)31-35-101-37-39-103-41-42-104-40-38-102-36-32-61(90)106-85-58(87)29-30-59(85)88/h16-18,21-22,25-28,45-50,54-56,62-67,91H,15,19-20,23-24,29-44H2,1-14H3,(H,77,92)(H,78,93)(H,79,94)(H,80,86)(H,81,95)(H3,75,76,97)/t48-,49+,50+,54-,55-,56+,62-,63-,64-,65-,66+,67+/m0/s1. The lowest BCUT2D eigenvalue weighted by atomic mass is 9.89. The highest BCUT2D eigenvalue weighted by molar-refractivity contribution is 6.02. The Morgan fingerprint density at radius 3 is 1.79 bits per heavy atom. The van der Waals surface area contributed by atoms with E-state index in [1.165, 1.54) is 26.2 Å². The number of hydroxylamine groups is 2. The molecule has 594 valence electrons. The summed E-state index contributed by atoms with van der Waals surface area (Å²) in [5.74, 6) is -7.38. The second-order valence-electron chi connectivity index (χ2n) is 27.8. The van der Waals surface area contributed by atoms with Crippen molar-refractivity contribution in [1.29, 1.82) is 0 Å². The highest BCUT2D eigenvalue weighted by Gasteiger charge is 2.44. The van der Waals surface area contributed by atoms with E-state index in [1.54, 1.807) is 109 Å². The monoisotopic (exact) mass is 1500 g/mol. The van der Waals surface area contributed by atoms with Crippen LogP contribution >= 0.6 is 0 Å². The van der Waals surface area contributed by atoms with Gasteiger partial charge >= 0.3 is 18.1 Å². The summed E-state index contributed by atoms with van der Waals surface area (Å²) in [5, 5.41) is 28.1. The largest absolute Gasteiger partial charge is 0.445 e. The summed E-state index contributed by atoms with van der Waals surface area (Å²) in [6.45, 7) is 19.5. The number of amides is 12. The summed E-state index contributed by atoms with van der Waals surface area (Å²) >= 11 is 0. The molecule has 106 heavy (non-hydrogen) atoms. The molecule has 2 aliphatic rings. The molecule has 32 heteroatoms. The fraction of sp³-hybridized carbons (Fsp3) is 0.676. The van der Waals surface area contributed by atoms with E-state index in [1.807, 2.05) is 32.0 Å². The SMILES string of the molecule is CC[C@H](C)[C@@H]([C@@H](CC(=O)N1CCC[C@H]1[C@H](OC)[C@@H](C)C(=O)N[C@H](C)[C@@H](O)c1ccccc1)OC)N(C)C(=O)[C@@H](NC(=O)[C@H](C(C)C)N(C)C(=O)OCc1ccc(NC(=O)[C@H](CCCNC(N)=O)NC(=O)[C@@H](NC(=O)CCOCCOCCOCCOCCC(=O)ON2C(=O)CCC2=O)C(C)C)cc1)C(C)C. The van der Waals surface area contributed by atoms with Crippen LogP contribution in [0.2, 0.25) is 0 Å². The number of carbonyl (C=O) groups excluding carboxylic acids is 12. The van der Waals surface area contributed by atoms with Gasteiger partial charge in [-0.15, -0.1) is 5.06 Å². The number of nitrogens with one attached hydrogen (secondary N) is 6. The maximum absolute atomic E-state index is 14.8. The van der Waals surface area contributed by atoms with E-state index in [-0.39, 0.29) is 129 Å². The Hall–Kier alpha value is -8.40. The number of methoxy groups -OCH3 is 2. The van der Waals surface area contributed by atoms with Crippen LogP contribution in [0.15, 0.2) is 54.6 Å². The minimum Gasteiger partial charge on any atom is -0.445 e. The lowest BCUT2D eigenvalue weighted by molar-refractivity contribution is -0.198. The summed E-state index contributed by atoms with van der Waals surface area (Å²) in [5.41, 5.74) is 6.76. The van der Waals surface area contributed by atoms with Crippen molar-refractivity contribution in [3.05, 3.63) is 65.7 Å². The first-order chi connectivity index (χ1) is 50.4. The molecule has 2 heterocycles. The van der Waals surface area contributed by atoms with Gasteiger partial charge in [-0.05, 0) is 79.5 Å². The molecule has 12 atom stereocenters. The molecule has 0 saturated carbocycles. The first-order valence-corrected chi connectivity index (χ1v) is 36.6. The number of rotatable bonds is 48. The normalized spacial score (nSPS) is 16.9. The molecule has 2 saturated heterocycles. The second kappa shape index (κ2) is 46.6. The summed E-state index contributed by atoms with van der Waals surface area (Å²) in [4.78, 5) is 168. The molecule has 0 aromatic heterocycles. The van der Waals surface area contributed by atoms with Gasteiger partial charge in [0.05, 0.1) is 108 Å². The number of ether oxygens (including phenoxy) is 7. The maximum Gasteiger partial charge on any atom is 0.410 e. The van der Waals surface area contributed by atoms with E-state index in [4.69, 9.17) is 43.7 Å². The van der Waals surface area contributed by atoms with E-state index in [0.717, 1.165) is 0 Å². The lowest BCUT2D eigenvalue weighted by Crippen LogP contribution is -2.60. The minimum atomic E-state index is -1.14. The number of anilines is 1. The van der Waals surface area contributed by atoms with Gasteiger partial charge in [0.2, 0.25) is 41.4 Å².